The van der Waals surface area contributed by atoms with Gasteiger partial charge in [-0.25, -0.2) is 0 Å². The van der Waals surface area contributed by atoms with Gasteiger partial charge >= 0.3 is 5.97 Å². The molecule has 2 rings (SSSR count). The van der Waals surface area contributed by atoms with Crippen molar-refractivity contribution in [3.8, 4) is 0 Å². The van der Waals surface area contributed by atoms with E-state index < -0.39 is 0 Å². The van der Waals surface area contributed by atoms with E-state index in [1.54, 1.807) is 6.07 Å². The Morgan fingerprint density at radius 2 is 2.28 bits per heavy atom. The van der Waals surface area contributed by atoms with Crippen molar-refractivity contribution in [2.24, 2.45) is 0 Å². The van der Waals surface area contributed by atoms with Crippen LogP contribution in [0.25, 0.3) is 0 Å². The first-order valence-corrected chi connectivity index (χ1v) is 6.63. The number of methoxy groups -OCH3 is 1. The van der Waals surface area contributed by atoms with Gasteiger partial charge in [-0.05, 0) is 37.1 Å². The average molecular weight is 288 g/mol. The number of esters is 1. The molecule has 0 aliphatic carbocycles. The molecule has 0 spiro atoms. The minimum atomic E-state index is -0.169. The van der Waals surface area contributed by atoms with Crippen molar-refractivity contribution >= 4 is 29.2 Å². The topological polar surface area (TPSA) is 29.5 Å². The van der Waals surface area contributed by atoms with E-state index in [-0.39, 0.29) is 12.0 Å². The third-order valence-electron chi connectivity index (χ3n) is 3.23. The van der Waals surface area contributed by atoms with Crippen molar-refractivity contribution in [3.05, 3.63) is 33.8 Å². The summed E-state index contributed by atoms with van der Waals surface area (Å²) in [5.41, 5.74) is 0.983. The molecular weight excluding hydrogens is 273 g/mol. The van der Waals surface area contributed by atoms with Crippen LogP contribution in [0, 0.1) is 0 Å². The number of carbonyl (C=O) groups excluding carboxylic acids is 1. The van der Waals surface area contributed by atoms with Crippen molar-refractivity contribution in [2.45, 2.75) is 25.4 Å². The molecule has 1 aromatic rings. The van der Waals surface area contributed by atoms with Crippen molar-refractivity contribution in [2.75, 3.05) is 13.7 Å². The van der Waals surface area contributed by atoms with Gasteiger partial charge in [-0.2, -0.15) is 0 Å². The molecule has 0 aromatic heterocycles. The van der Waals surface area contributed by atoms with Crippen LogP contribution in [0.3, 0.4) is 0 Å². The summed E-state index contributed by atoms with van der Waals surface area (Å²) in [7, 11) is 1.42. The highest BCUT2D eigenvalue weighted by atomic mass is 35.5. The van der Waals surface area contributed by atoms with Crippen LogP contribution in [-0.2, 0) is 16.1 Å². The zero-order chi connectivity index (χ0) is 13.1. The van der Waals surface area contributed by atoms with E-state index in [0.29, 0.717) is 16.6 Å². The lowest BCUT2D eigenvalue weighted by molar-refractivity contribution is -0.146. The van der Waals surface area contributed by atoms with E-state index in [4.69, 9.17) is 27.9 Å². The fourth-order valence-electron chi connectivity index (χ4n) is 2.29. The maximum Gasteiger partial charge on any atom is 0.323 e. The minimum Gasteiger partial charge on any atom is -0.468 e. The zero-order valence-corrected chi connectivity index (χ0v) is 11.7. The molecular formula is C13H15Cl2NO2. The molecule has 1 aliphatic rings. The van der Waals surface area contributed by atoms with Gasteiger partial charge in [-0.15, -0.1) is 0 Å². The lowest BCUT2D eigenvalue weighted by Gasteiger charge is -2.22. The molecule has 1 aromatic carbocycles. The summed E-state index contributed by atoms with van der Waals surface area (Å²) in [6.45, 7) is 1.54. The first-order chi connectivity index (χ1) is 8.61. The molecule has 0 N–H and O–H groups in total. The number of ether oxygens (including phenoxy) is 1. The first kappa shape index (κ1) is 13.7. The molecule has 98 valence electrons. The Morgan fingerprint density at radius 3 is 2.94 bits per heavy atom. The molecule has 1 fully saturated rings. The molecule has 18 heavy (non-hydrogen) atoms. The molecule has 1 unspecified atom stereocenters. The molecule has 1 saturated heterocycles. The molecule has 0 saturated carbocycles. The Hall–Kier alpha value is -0.770. The molecule has 0 amide bonds. The van der Waals surface area contributed by atoms with E-state index in [0.717, 1.165) is 24.9 Å². The average Bonchev–Trinajstić information content (AvgIpc) is 2.80. The second kappa shape index (κ2) is 5.91. The van der Waals surface area contributed by atoms with Crippen molar-refractivity contribution < 1.29 is 9.53 Å². The van der Waals surface area contributed by atoms with Crippen LogP contribution in [0.4, 0.5) is 0 Å². The first-order valence-electron chi connectivity index (χ1n) is 5.87. The summed E-state index contributed by atoms with van der Waals surface area (Å²) in [6.07, 6.45) is 1.85. The summed E-state index contributed by atoms with van der Waals surface area (Å²) < 4.78 is 4.82. The fraction of sp³-hybridized carbons (Fsp3) is 0.462. The Labute approximate surface area is 117 Å². The third-order valence-corrected chi connectivity index (χ3v) is 3.81. The van der Waals surface area contributed by atoms with Crippen molar-refractivity contribution in [1.82, 2.24) is 4.90 Å². The number of halogens is 2. The summed E-state index contributed by atoms with van der Waals surface area (Å²) >= 11 is 12.0. The monoisotopic (exact) mass is 287 g/mol. The molecule has 0 radical (unpaired) electrons. The van der Waals surface area contributed by atoms with Gasteiger partial charge in [0.1, 0.15) is 6.04 Å². The molecule has 1 heterocycles. The lowest BCUT2D eigenvalue weighted by Crippen LogP contribution is -2.36. The molecule has 0 bridgehead atoms. The minimum absolute atomic E-state index is 0.151. The van der Waals surface area contributed by atoms with Gasteiger partial charge in [-0.3, -0.25) is 9.69 Å². The standard InChI is InChI=1S/C13H15Cl2NO2/c1-18-13(17)12-3-2-6-16(12)8-9-4-5-10(14)7-11(9)15/h4-5,7,12H,2-3,6,8H2,1H3. The van der Waals surface area contributed by atoms with Gasteiger partial charge in [0.2, 0.25) is 0 Å². The van der Waals surface area contributed by atoms with E-state index in [9.17, 15) is 4.79 Å². The molecule has 3 nitrogen and oxygen atoms in total. The Morgan fingerprint density at radius 1 is 1.50 bits per heavy atom. The maximum absolute atomic E-state index is 11.6. The predicted molar refractivity (Wildman–Crippen MR) is 71.9 cm³/mol. The second-order valence-electron chi connectivity index (χ2n) is 4.39. The molecule has 5 heteroatoms. The largest absolute Gasteiger partial charge is 0.468 e. The number of rotatable bonds is 3. The van der Waals surface area contributed by atoms with Crippen LogP contribution in [0.15, 0.2) is 18.2 Å². The SMILES string of the molecule is COC(=O)C1CCCN1Cc1ccc(Cl)cc1Cl. The fourth-order valence-corrected chi connectivity index (χ4v) is 2.76. The normalized spacial score (nSPS) is 20.1. The van der Waals surface area contributed by atoms with Crippen molar-refractivity contribution in [1.29, 1.82) is 0 Å². The van der Waals surface area contributed by atoms with Crippen LogP contribution in [0.1, 0.15) is 18.4 Å². The van der Waals surface area contributed by atoms with E-state index >= 15 is 0 Å². The third kappa shape index (κ3) is 2.97. The summed E-state index contributed by atoms with van der Waals surface area (Å²) in [4.78, 5) is 13.7. The smallest absolute Gasteiger partial charge is 0.323 e. The van der Waals surface area contributed by atoms with Crippen LogP contribution in [0.2, 0.25) is 10.0 Å². The van der Waals surface area contributed by atoms with Crippen LogP contribution >= 0.6 is 23.2 Å². The Bertz CT molecular complexity index is 451. The van der Waals surface area contributed by atoms with Gasteiger partial charge in [0.15, 0.2) is 0 Å². The molecule has 1 aliphatic heterocycles. The highest BCUT2D eigenvalue weighted by Crippen LogP contribution is 2.26. The number of hydrogen-bond donors (Lipinski definition) is 0. The molecule has 1 atom stereocenters. The number of nitrogens with zero attached hydrogens (tertiary/aromatic N) is 1. The van der Waals surface area contributed by atoms with E-state index in [1.807, 2.05) is 12.1 Å². The second-order valence-corrected chi connectivity index (χ2v) is 5.23. The Kier molecular flexibility index (Phi) is 4.49. The number of hydrogen-bond acceptors (Lipinski definition) is 3. The van der Waals surface area contributed by atoms with Crippen molar-refractivity contribution in [3.63, 3.8) is 0 Å². The predicted octanol–water partition coefficient (Wildman–Crippen LogP) is 3.13. The van der Waals surface area contributed by atoms with E-state index in [2.05, 4.69) is 4.90 Å². The number of benzene rings is 1. The van der Waals surface area contributed by atoms with Crippen LogP contribution in [0.5, 0.6) is 0 Å². The number of carbonyl (C=O) groups is 1. The van der Waals surface area contributed by atoms with Gasteiger partial charge in [0, 0.05) is 16.6 Å². The highest BCUT2D eigenvalue weighted by Gasteiger charge is 2.31. The van der Waals surface area contributed by atoms with Gasteiger partial charge in [0.25, 0.3) is 0 Å². The van der Waals surface area contributed by atoms with Gasteiger partial charge in [0.05, 0.1) is 7.11 Å². The Balaban J connectivity index is 2.10. The summed E-state index contributed by atoms with van der Waals surface area (Å²) in [5, 5.41) is 1.26. The quantitative estimate of drug-likeness (QED) is 0.800. The van der Waals surface area contributed by atoms with E-state index in [1.165, 1.54) is 7.11 Å². The summed E-state index contributed by atoms with van der Waals surface area (Å²) in [5.74, 6) is -0.169. The van der Waals surface area contributed by atoms with Crippen LogP contribution in [-0.4, -0.2) is 30.6 Å². The zero-order valence-electron chi connectivity index (χ0n) is 10.2. The lowest BCUT2D eigenvalue weighted by atomic mass is 10.2. The number of likely N-dealkylation sites (tertiary alicyclic amines) is 1. The van der Waals surface area contributed by atoms with Crippen LogP contribution < -0.4 is 0 Å². The van der Waals surface area contributed by atoms with Gasteiger partial charge < -0.3 is 4.74 Å². The summed E-state index contributed by atoms with van der Waals surface area (Å²) in [6, 6.07) is 5.28. The maximum atomic E-state index is 11.6. The van der Waals surface area contributed by atoms with Gasteiger partial charge in [-0.1, -0.05) is 29.3 Å². The highest BCUT2D eigenvalue weighted by molar-refractivity contribution is 6.35.